The van der Waals surface area contributed by atoms with E-state index in [0.29, 0.717) is 13.0 Å². The van der Waals surface area contributed by atoms with Crippen LogP contribution in [0.2, 0.25) is 38.3 Å². The van der Waals surface area contributed by atoms with Crippen molar-refractivity contribution in [3.63, 3.8) is 0 Å². The molecular weight excluding hydrogens is 500 g/mol. The van der Waals surface area contributed by atoms with Crippen molar-refractivity contribution in [2.24, 2.45) is 11.8 Å². The van der Waals surface area contributed by atoms with E-state index >= 15 is 0 Å². The molecule has 7 nitrogen and oxygen atoms in total. The second-order valence-corrected chi connectivity index (χ2v) is 21.2. The third-order valence-corrected chi connectivity index (χ3v) is 16.0. The van der Waals surface area contributed by atoms with Crippen LogP contribution in [0.15, 0.2) is 24.3 Å². The summed E-state index contributed by atoms with van der Waals surface area (Å²) in [5.41, 5.74) is 1.78. The minimum Gasteiger partial charge on any atom is -0.455 e. The number of likely N-dealkylation sites (N-methyl/N-ethyl adjacent to an activating group) is 1. The molecule has 4 rings (SSSR count). The molecule has 0 spiro atoms. The lowest BCUT2D eigenvalue weighted by molar-refractivity contribution is -0.141. The van der Waals surface area contributed by atoms with Crippen LogP contribution < -0.4 is 0 Å². The fourth-order valence-electron chi connectivity index (χ4n) is 6.75. The Hall–Kier alpha value is -2.11. The van der Waals surface area contributed by atoms with Crippen molar-refractivity contribution in [1.29, 1.82) is 0 Å². The summed E-state index contributed by atoms with van der Waals surface area (Å²) in [6.45, 7) is 11.7. The average molecular weight is 543 g/mol. The van der Waals surface area contributed by atoms with Gasteiger partial charge in [-0.1, -0.05) is 44.0 Å². The molecule has 37 heavy (non-hydrogen) atoms. The summed E-state index contributed by atoms with van der Waals surface area (Å²) in [6, 6.07) is 9.73. The van der Waals surface area contributed by atoms with Crippen LogP contribution in [0.1, 0.15) is 62.0 Å². The highest BCUT2D eigenvalue weighted by molar-refractivity contribution is 6.84. The maximum atomic E-state index is 13.6. The van der Waals surface area contributed by atoms with Crippen LogP contribution in [0.3, 0.4) is 0 Å². The monoisotopic (exact) mass is 542 g/mol. The summed E-state index contributed by atoms with van der Waals surface area (Å²) in [6.07, 6.45) is 3.73. The highest BCUT2D eigenvalue weighted by atomic mass is 28.4. The first-order chi connectivity index (χ1) is 17.4. The van der Waals surface area contributed by atoms with Crippen molar-refractivity contribution in [2.75, 3.05) is 13.6 Å². The minimum atomic E-state index is -1.90. The maximum absolute atomic E-state index is 13.6. The average Bonchev–Trinajstić information content (AvgIpc) is 3.24. The Kier molecular flexibility index (Phi) is 7.98. The highest BCUT2D eigenvalue weighted by Crippen LogP contribution is 2.51. The zero-order chi connectivity index (χ0) is 27.1. The lowest BCUT2D eigenvalue weighted by Gasteiger charge is -2.35. The van der Waals surface area contributed by atoms with Crippen LogP contribution in [-0.2, 0) is 23.3 Å². The van der Waals surface area contributed by atoms with Crippen molar-refractivity contribution in [3.8, 4) is 0 Å². The SMILES string of the molecule is CCCC[Si](C)(C)O[Si](C)(C)CCCN1C(=O)CC(C2CC3C(=O)N(C)C(=O)C3c3ccccc32)C1=O. The molecule has 2 heterocycles. The largest absolute Gasteiger partial charge is 0.455 e. The second kappa shape index (κ2) is 10.6. The lowest BCUT2D eigenvalue weighted by Crippen LogP contribution is -2.44. The Labute approximate surface area is 223 Å². The number of imide groups is 2. The first-order valence-electron chi connectivity index (χ1n) is 13.8. The normalized spacial score (nSPS) is 26.2. The zero-order valence-electron chi connectivity index (χ0n) is 23.2. The van der Waals surface area contributed by atoms with E-state index in [1.165, 1.54) is 35.7 Å². The Morgan fingerprint density at radius 3 is 2.11 bits per heavy atom. The molecule has 9 heteroatoms. The smallest absolute Gasteiger partial charge is 0.237 e. The second-order valence-electron chi connectivity index (χ2n) is 12.3. The van der Waals surface area contributed by atoms with Gasteiger partial charge in [-0.15, -0.1) is 0 Å². The number of benzene rings is 1. The van der Waals surface area contributed by atoms with Gasteiger partial charge < -0.3 is 4.12 Å². The molecule has 4 atom stereocenters. The van der Waals surface area contributed by atoms with Gasteiger partial charge in [-0.2, -0.15) is 0 Å². The van der Waals surface area contributed by atoms with Gasteiger partial charge in [0.1, 0.15) is 0 Å². The summed E-state index contributed by atoms with van der Waals surface area (Å²) < 4.78 is 6.69. The summed E-state index contributed by atoms with van der Waals surface area (Å²) in [5.74, 6) is -2.27. The van der Waals surface area contributed by atoms with Crippen molar-refractivity contribution in [2.45, 2.75) is 89.1 Å². The summed E-state index contributed by atoms with van der Waals surface area (Å²) in [4.78, 5) is 54.9. The zero-order valence-corrected chi connectivity index (χ0v) is 25.2. The van der Waals surface area contributed by atoms with Gasteiger partial charge in [0, 0.05) is 20.0 Å². The highest BCUT2D eigenvalue weighted by Gasteiger charge is 2.54. The molecule has 1 aromatic rings. The topological polar surface area (TPSA) is 84.0 Å². The van der Waals surface area contributed by atoms with Crippen LogP contribution in [0.25, 0.3) is 0 Å². The first kappa shape index (κ1) is 27.9. The van der Waals surface area contributed by atoms with Crippen molar-refractivity contribution < 1.29 is 23.3 Å². The molecule has 2 aliphatic heterocycles. The molecule has 1 aromatic carbocycles. The molecular formula is C28H42N2O5Si2. The molecule has 0 radical (unpaired) electrons. The van der Waals surface area contributed by atoms with Crippen LogP contribution in [0.4, 0.5) is 0 Å². The van der Waals surface area contributed by atoms with E-state index in [4.69, 9.17) is 4.12 Å². The maximum Gasteiger partial charge on any atom is 0.237 e. The quantitative estimate of drug-likeness (QED) is 0.311. The molecule has 1 aliphatic carbocycles. The molecule has 4 unspecified atom stereocenters. The van der Waals surface area contributed by atoms with Crippen molar-refractivity contribution in [1.82, 2.24) is 9.80 Å². The number of hydrogen-bond donors (Lipinski definition) is 0. The third-order valence-electron chi connectivity index (χ3n) is 8.50. The molecule has 2 saturated heterocycles. The predicted molar refractivity (Wildman–Crippen MR) is 148 cm³/mol. The van der Waals surface area contributed by atoms with Crippen LogP contribution >= 0.6 is 0 Å². The summed E-state index contributed by atoms with van der Waals surface area (Å²) in [7, 11) is -2.06. The molecule has 0 bridgehead atoms. The Morgan fingerprint density at radius 1 is 0.838 bits per heavy atom. The number of hydrogen-bond acceptors (Lipinski definition) is 5. The van der Waals surface area contributed by atoms with E-state index in [9.17, 15) is 19.2 Å². The van der Waals surface area contributed by atoms with E-state index in [0.717, 1.165) is 23.6 Å². The van der Waals surface area contributed by atoms with E-state index in [2.05, 4.69) is 33.1 Å². The van der Waals surface area contributed by atoms with Gasteiger partial charge in [-0.05, 0) is 68.2 Å². The molecule has 0 aromatic heterocycles. The van der Waals surface area contributed by atoms with Crippen LogP contribution in [-0.4, -0.2) is 63.7 Å². The van der Waals surface area contributed by atoms with Gasteiger partial charge in [0.05, 0.1) is 17.8 Å². The standard InChI is InChI=1S/C28H42N2O5Si2/c1-7-8-15-36(3,4)35-37(5,6)16-11-14-30-24(31)18-22(27(30)33)21-17-23-25(28(34)29(2)26(23)32)20-13-10-9-12-19(20)21/h9-10,12-13,21-23,25H,7-8,11,14-18H2,1-6H3. The molecule has 2 fully saturated rings. The summed E-state index contributed by atoms with van der Waals surface area (Å²) >= 11 is 0. The predicted octanol–water partition coefficient (Wildman–Crippen LogP) is 4.86. The fraction of sp³-hybridized carbons (Fsp3) is 0.643. The number of rotatable bonds is 10. The van der Waals surface area contributed by atoms with Gasteiger partial charge in [-0.3, -0.25) is 29.0 Å². The van der Waals surface area contributed by atoms with Crippen molar-refractivity contribution in [3.05, 3.63) is 35.4 Å². The molecule has 0 N–H and O–H groups in total. The van der Waals surface area contributed by atoms with Gasteiger partial charge in [0.15, 0.2) is 16.6 Å². The number of nitrogens with zero attached hydrogens (tertiary/aromatic N) is 2. The number of amides is 4. The van der Waals surface area contributed by atoms with E-state index in [1.807, 2.05) is 24.3 Å². The van der Waals surface area contributed by atoms with Crippen molar-refractivity contribution >= 4 is 40.3 Å². The van der Waals surface area contributed by atoms with Crippen LogP contribution in [0, 0.1) is 11.8 Å². The molecule has 202 valence electrons. The lowest BCUT2D eigenvalue weighted by atomic mass is 9.67. The van der Waals surface area contributed by atoms with Gasteiger partial charge in [0.2, 0.25) is 23.6 Å². The Balaban J connectivity index is 1.44. The minimum absolute atomic E-state index is 0.126. The van der Waals surface area contributed by atoms with E-state index in [-0.39, 0.29) is 36.0 Å². The summed E-state index contributed by atoms with van der Waals surface area (Å²) in [5, 5.41) is 0. The Bertz CT molecular complexity index is 1090. The fourth-order valence-corrected chi connectivity index (χ4v) is 15.8. The van der Waals surface area contributed by atoms with E-state index in [1.54, 1.807) is 0 Å². The van der Waals surface area contributed by atoms with E-state index < -0.39 is 34.4 Å². The first-order valence-corrected chi connectivity index (χ1v) is 20.0. The van der Waals surface area contributed by atoms with Gasteiger partial charge in [-0.25, -0.2) is 0 Å². The molecule has 0 saturated carbocycles. The van der Waals surface area contributed by atoms with Crippen LogP contribution in [0.5, 0.6) is 0 Å². The number of unbranched alkanes of at least 4 members (excludes halogenated alkanes) is 1. The number of fused-ring (bicyclic) bond motifs is 3. The van der Waals surface area contributed by atoms with Gasteiger partial charge >= 0.3 is 0 Å². The number of carbonyl (C=O) groups is 4. The molecule has 3 aliphatic rings. The number of carbonyl (C=O) groups excluding carboxylic acids is 4. The number of likely N-dealkylation sites (tertiary alicyclic amines) is 2. The third kappa shape index (κ3) is 5.54. The van der Waals surface area contributed by atoms with Gasteiger partial charge in [0.25, 0.3) is 0 Å². The molecule has 4 amide bonds. The Morgan fingerprint density at radius 2 is 1.46 bits per heavy atom.